The van der Waals surface area contributed by atoms with Crippen molar-refractivity contribution < 1.29 is 24.1 Å². The molecule has 0 spiro atoms. The number of carboxylic acid groups (broad SMARTS) is 1. The average molecular weight is 495 g/mol. The van der Waals surface area contributed by atoms with E-state index < -0.39 is 18.0 Å². The lowest BCUT2D eigenvalue weighted by atomic mass is 9.81. The van der Waals surface area contributed by atoms with Crippen LogP contribution in [0.25, 0.3) is 10.9 Å². The van der Waals surface area contributed by atoms with Crippen LogP contribution in [-0.2, 0) is 11.2 Å². The number of piperidine rings is 1. The van der Waals surface area contributed by atoms with E-state index in [4.69, 9.17) is 4.74 Å². The minimum Gasteiger partial charge on any atom is -0.497 e. The number of aromatic nitrogens is 1. The maximum Gasteiger partial charge on any atom is 0.308 e. The van der Waals surface area contributed by atoms with Crippen LogP contribution in [0.15, 0.2) is 54.7 Å². The van der Waals surface area contributed by atoms with Crippen molar-refractivity contribution in [3.05, 3.63) is 71.7 Å². The van der Waals surface area contributed by atoms with Gasteiger partial charge in [0.25, 0.3) is 0 Å². The van der Waals surface area contributed by atoms with Crippen molar-refractivity contribution in [2.24, 2.45) is 11.8 Å². The number of aliphatic carboxylic acids is 1. The minimum atomic E-state index is -0.773. The number of fused-ring (bicyclic) bond motifs is 1. The molecule has 0 aliphatic carbocycles. The first-order valence-corrected chi connectivity index (χ1v) is 12.8. The molecule has 2 heterocycles. The molecule has 7 heteroatoms. The van der Waals surface area contributed by atoms with Gasteiger partial charge in [-0.3, -0.25) is 9.78 Å². The van der Waals surface area contributed by atoms with Crippen LogP contribution in [0.2, 0.25) is 0 Å². The van der Waals surface area contributed by atoms with Crippen LogP contribution < -0.4 is 4.74 Å². The Balaban J connectivity index is 1.30. The Morgan fingerprint density at radius 3 is 2.83 bits per heavy atom. The summed E-state index contributed by atoms with van der Waals surface area (Å²) in [5.41, 5.74) is 2.32. The molecular weight excluding hydrogens is 459 g/mol. The van der Waals surface area contributed by atoms with Crippen molar-refractivity contribution in [1.29, 1.82) is 0 Å². The molecule has 1 unspecified atom stereocenters. The normalized spacial score (nSPS) is 19.3. The highest BCUT2D eigenvalue weighted by molar-refractivity contribution is 5.83. The molecule has 0 radical (unpaired) electrons. The van der Waals surface area contributed by atoms with Crippen LogP contribution in [0.4, 0.5) is 4.39 Å². The van der Waals surface area contributed by atoms with Gasteiger partial charge in [0.05, 0.1) is 24.6 Å². The van der Waals surface area contributed by atoms with Crippen LogP contribution >= 0.6 is 0 Å². The number of rotatable bonds is 11. The number of carboxylic acids is 1. The topological polar surface area (TPSA) is 82.9 Å². The van der Waals surface area contributed by atoms with Gasteiger partial charge in [-0.05, 0) is 99.0 Å². The fourth-order valence-corrected chi connectivity index (χ4v) is 5.34. The average Bonchev–Trinajstić information content (AvgIpc) is 2.90. The fraction of sp³-hybridized carbons (Fsp3) is 0.448. The van der Waals surface area contributed by atoms with Crippen molar-refractivity contribution in [3.8, 4) is 5.75 Å². The molecule has 3 atom stereocenters. The summed E-state index contributed by atoms with van der Waals surface area (Å²) >= 11 is 0. The number of aryl methyl sites for hydroxylation is 1. The third-order valence-corrected chi connectivity index (χ3v) is 7.44. The Kier molecular flexibility index (Phi) is 8.88. The van der Waals surface area contributed by atoms with Crippen molar-refractivity contribution in [1.82, 2.24) is 9.88 Å². The molecule has 6 nitrogen and oxygen atoms in total. The van der Waals surface area contributed by atoms with Gasteiger partial charge < -0.3 is 19.8 Å². The van der Waals surface area contributed by atoms with Crippen LogP contribution in [0.1, 0.15) is 49.3 Å². The molecule has 36 heavy (non-hydrogen) atoms. The van der Waals surface area contributed by atoms with Gasteiger partial charge in [-0.2, -0.15) is 0 Å². The number of benzene rings is 2. The van der Waals surface area contributed by atoms with Gasteiger partial charge in [0.2, 0.25) is 0 Å². The molecule has 1 aromatic heterocycles. The highest BCUT2D eigenvalue weighted by Crippen LogP contribution is 2.33. The Morgan fingerprint density at radius 2 is 2.06 bits per heavy atom. The molecule has 2 N–H and O–H groups in total. The second-order valence-electron chi connectivity index (χ2n) is 9.72. The van der Waals surface area contributed by atoms with Crippen molar-refractivity contribution >= 4 is 16.9 Å². The van der Waals surface area contributed by atoms with Crippen LogP contribution in [0, 0.1) is 17.7 Å². The lowest BCUT2D eigenvalue weighted by Gasteiger charge is -2.37. The van der Waals surface area contributed by atoms with Crippen LogP contribution in [-0.4, -0.2) is 52.8 Å². The van der Waals surface area contributed by atoms with Gasteiger partial charge in [-0.15, -0.1) is 0 Å². The number of ether oxygens (including phenoxy) is 1. The molecule has 3 aromatic rings. The second kappa shape index (κ2) is 12.3. The number of hydrogen-bond acceptors (Lipinski definition) is 5. The van der Waals surface area contributed by atoms with E-state index in [2.05, 4.69) is 9.88 Å². The predicted octanol–water partition coefficient (Wildman–Crippen LogP) is 5.24. The zero-order chi connectivity index (χ0) is 25.5. The first-order chi connectivity index (χ1) is 17.5. The predicted molar refractivity (Wildman–Crippen MR) is 137 cm³/mol. The number of unbranched alkanes of at least 4 members (excludes halogenated alkanes) is 1. The molecule has 4 rings (SSSR count). The number of aliphatic hydroxyl groups excluding tert-OH is 1. The number of methoxy groups -OCH3 is 1. The Morgan fingerprint density at radius 1 is 1.22 bits per heavy atom. The number of likely N-dealkylation sites (tertiary alicyclic amines) is 1. The standard InChI is InChI=1S/C29H35FN2O4/c1-36-22-10-11-27-24(18-22)23(13-15-31-27)28(33)12-9-20-14-17-32(19-25(20)29(34)35)16-5-4-7-21-6-2-3-8-26(21)30/h2-3,6,8,10-11,13,15,18,20,25,28,33H,4-5,7,9,12,14,16-17,19H2,1H3,(H,34,35)/t20-,25+,28?/m1/s1. The number of aliphatic hydroxyl groups is 1. The first kappa shape index (κ1) is 26.0. The van der Waals surface area contributed by atoms with Gasteiger partial charge in [0.1, 0.15) is 11.6 Å². The fourth-order valence-electron chi connectivity index (χ4n) is 5.34. The Bertz CT molecular complexity index is 1170. The number of nitrogens with zero attached hydrogens (tertiary/aromatic N) is 2. The lowest BCUT2D eigenvalue weighted by Crippen LogP contribution is -2.44. The quantitative estimate of drug-likeness (QED) is 0.355. The van der Waals surface area contributed by atoms with Gasteiger partial charge in [-0.25, -0.2) is 4.39 Å². The highest BCUT2D eigenvalue weighted by Gasteiger charge is 2.34. The lowest BCUT2D eigenvalue weighted by molar-refractivity contribution is -0.146. The first-order valence-electron chi connectivity index (χ1n) is 12.8. The molecule has 192 valence electrons. The molecule has 1 aliphatic heterocycles. The summed E-state index contributed by atoms with van der Waals surface area (Å²) in [4.78, 5) is 18.7. The van der Waals surface area contributed by atoms with Crippen LogP contribution in [0.5, 0.6) is 5.75 Å². The van der Waals surface area contributed by atoms with E-state index in [9.17, 15) is 19.4 Å². The third kappa shape index (κ3) is 6.39. The molecule has 0 bridgehead atoms. The monoisotopic (exact) mass is 494 g/mol. The number of carbonyl (C=O) groups is 1. The molecule has 1 fully saturated rings. The van der Waals surface area contributed by atoms with E-state index in [0.717, 1.165) is 54.4 Å². The minimum absolute atomic E-state index is 0.0226. The van der Waals surface area contributed by atoms with E-state index in [0.29, 0.717) is 31.6 Å². The van der Waals surface area contributed by atoms with Crippen molar-refractivity contribution in [3.63, 3.8) is 0 Å². The Labute approximate surface area is 211 Å². The molecule has 0 saturated carbocycles. The van der Waals surface area contributed by atoms with Gasteiger partial charge in [-0.1, -0.05) is 18.2 Å². The number of pyridine rings is 1. The zero-order valence-electron chi connectivity index (χ0n) is 20.8. The largest absolute Gasteiger partial charge is 0.497 e. The maximum atomic E-state index is 13.8. The molecule has 2 aromatic carbocycles. The molecule has 0 amide bonds. The summed E-state index contributed by atoms with van der Waals surface area (Å²) in [5.74, 6) is -0.660. The summed E-state index contributed by atoms with van der Waals surface area (Å²) in [6, 6.07) is 14.3. The summed E-state index contributed by atoms with van der Waals surface area (Å²) in [7, 11) is 1.61. The summed E-state index contributed by atoms with van der Waals surface area (Å²) in [6.45, 7) is 2.18. The van der Waals surface area contributed by atoms with E-state index in [-0.39, 0.29) is 11.7 Å². The van der Waals surface area contributed by atoms with Gasteiger partial charge in [0.15, 0.2) is 0 Å². The van der Waals surface area contributed by atoms with E-state index in [1.165, 1.54) is 6.07 Å². The van der Waals surface area contributed by atoms with Gasteiger partial charge in [0, 0.05) is 18.1 Å². The molecule has 1 saturated heterocycles. The smallest absolute Gasteiger partial charge is 0.308 e. The summed E-state index contributed by atoms with van der Waals surface area (Å²) in [6.07, 6.45) is 5.39. The van der Waals surface area contributed by atoms with E-state index in [1.807, 2.05) is 36.4 Å². The highest BCUT2D eigenvalue weighted by atomic mass is 19.1. The van der Waals surface area contributed by atoms with Crippen molar-refractivity contribution in [2.75, 3.05) is 26.7 Å². The number of hydrogen-bond donors (Lipinski definition) is 2. The van der Waals surface area contributed by atoms with E-state index >= 15 is 0 Å². The number of halogens is 1. The zero-order valence-corrected chi connectivity index (χ0v) is 20.8. The SMILES string of the molecule is COc1ccc2nccc(C(O)CC[C@@H]3CCN(CCCCc4ccccc4F)C[C@@H]3C(=O)O)c2c1. The molecule has 1 aliphatic rings. The van der Waals surface area contributed by atoms with Crippen LogP contribution in [0.3, 0.4) is 0 Å². The molecular formula is C29H35FN2O4. The second-order valence-corrected chi connectivity index (χ2v) is 9.72. The van der Waals surface area contributed by atoms with E-state index in [1.54, 1.807) is 19.4 Å². The third-order valence-electron chi connectivity index (χ3n) is 7.44. The summed E-state index contributed by atoms with van der Waals surface area (Å²) < 4.78 is 19.1. The summed E-state index contributed by atoms with van der Waals surface area (Å²) in [5, 5.41) is 21.8. The van der Waals surface area contributed by atoms with Gasteiger partial charge >= 0.3 is 5.97 Å². The van der Waals surface area contributed by atoms with Crippen molar-refractivity contribution in [2.45, 2.75) is 44.6 Å². The Hall–Kier alpha value is -3.03. The maximum absolute atomic E-state index is 13.8.